The van der Waals surface area contributed by atoms with Crippen molar-refractivity contribution in [2.45, 2.75) is 43.0 Å². The quantitative estimate of drug-likeness (QED) is 0.585. The summed E-state index contributed by atoms with van der Waals surface area (Å²) in [4.78, 5) is 30.4. The Bertz CT molecular complexity index is 1090. The van der Waals surface area contributed by atoms with Gasteiger partial charge in [-0.2, -0.15) is 0 Å². The van der Waals surface area contributed by atoms with Crippen LogP contribution in [0.3, 0.4) is 0 Å². The van der Waals surface area contributed by atoms with Crippen molar-refractivity contribution in [3.63, 3.8) is 0 Å². The fraction of sp³-hybridized carbons (Fsp3) is 0.286. The number of rotatable bonds is 3. The summed E-state index contributed by atoms with van der Waals surface area (Å²) in [6, 6.07) is 12.8. The number of para-hydroxylation sites is 1. The molecule has 0 amide bonds. The standard InChI is InChI=1S/C21H19ClN2O2S/c1-13-15(22)8-6-10-17(13)24-20(26)14-7-2-3-9-16(14)23-21(24)27-19-12-5-4-11-18(19)25/h2-3,6-10,19H,4-5,11-12H2,1H3/t19-/m0/s1. The van der Waals surface area contributed by atoms with E-state index in [-0.39, 0.29) is 16.6 Å². The topological polar surface area (TPSA) is 52.0 Å². The maximum Gasteiger partial charge on any atom is 0.266 e. The summed E-state index contributed by atoms with van der Waals surface area (Å²) in [5.74, 6) is 0.239. The third-order valence-corrected chi connectivity index (χ3v) is 6.65. The van der Waals surface area contributed by atoms with Gasteiger partial charge in [0.1, 0.15) is 5.78 Å². The second-order valence-electron chi connectivity index (χ2n) is 6.75. The van der Waals surface area contributed by atoms with Gasteiger partial charge in [0.15, 0.2) is 5.16 Å². The Balaban J connectivity index is 1.94. The number of benzene rings is 2. The molecule has 0 unspecified atom stereocenters. The Kier molecular flexibility index (Phi) is 5.06. The van der Waals surface area contributed by atoms with Gasteiger partial charge in [0.25, 0.3) is 5.56 Å². The number of Topliss-reactive ketones (excluding diaryl/α,β-unsaturated/α-hetero) is 1. The molecule has 3 aromatic rings. The van der Waals surface area contributed by atoms with Gasteiger partial charge in [0, 0.05) is 11.4 Å². The second-order valence-corrected chi connectivity index (χ2v) is 8.33. The van der Waals surface area contributed by atoms with Gasteiger partial charge in [-0.1, -0.05) is 48.0 Å². The van der Waals surface area contributed by atoms with Crippen molar-refractivity contribution >= 4 is 40.0 Å². The van der Waals surface area contributed by atoms with Crippen LogP contribution in [0.5, 0.6) is 0 Å². The molecule has 0 saturated heterocycles. The van der Waals surface area contributed by atoms with Gasteiger partial charge in [-0.25, -0.2) is 4.98 Å². The van der Waals surface area contributed by atoms with Crippen LogP contribution in [0.2, 0.25) is 5.02 Å². The van der Waals surface area contributed by atoms with E-state index >= 15 is 0 Å². The van der Waals surface area contributed by atoms with E-state index < -0.39 is 0 Å². The first kappa shape index (κ1) is 18.3. The third kappa shape index (κ3) is 3.42. The van der Waals surface area contributed by atoms with E-state index in [4.69, 9.17) is 16.6 Å². The maximum absolute atomic E-state index is 13.3. The van der Waals surface area contributed by atoms with Crippen LogP contribution in [0.15, 0.2) is 52.4 Å². The maximum atomic E-state index is 13.3. The number of thioether (sulfide) groups is 1. The number of carbonyl (C=O) groups is 1. The lowest BCUT2D eigenvalue weighted by Crippen LogP contribution is -2.26. The van der Waals surface area contributed by atoms with Gasteiger partial charge in [0.2, 0.25) is 0 Å². The molecular weight excluding hydrogens is 380 g/mol. The number of hydrogen-bond acceptors (Lipinski definition) is 4. The zero-order chi connectivity index (χ0) is 19.0. The normalized spacial score (nSPS) is 17.4. The smallest absolute Gasteiger partial charge is 0.266 e. The summed E-state index contributed by atoms with van der Waals surface area (Å²) >= 11 is 7.70. The molecule has 1 heterocycles. The van der Waals surface area contributed by atoms with E-state index in [1.165, 1.54) is 11.8 Å². The molecule has 1 aromatic heterocycles. The van der Waals surface area contributed by atoms with Crippen LogP contribution in [0.25, 0.3) is 16.6 Å². The highest BCUT2D eigenvalue weighted by Gasteiger charge is 2.26. The van der Waals surface area contributed by atoms with Crippen molar-refractivity contribution in [3.8, 4) is 5.69 Å². The summed E-state index contributed by atoms with van der Waals surface area (Å²) in [6.07, 6.45) is 3.39. The van der Waals surface area contributed by atoms with E-state index in [2.05, 4.69) is 0 Å². The first-order valence-electron chi connectivity index (χ1n) is 9.03. The Hall–Kier alpha value is -2.11. The third-order valence-electron chi connectivity index (χ3n) is 4.97. The Morgan fingerprint density at radius 2 is 1.93 bits per heavy atom. The fourth-order valence-electron chi connectivity index (χ4n) is 3.44. The van der Waals surface area contributed by atoms with Gasteiger partial charge in [-0.05, 0) is 49.6 Å². The van der Waals surface area contributed by atoms with Crippen LogP contribution in [-0.4, -0.2) is 20.6 Å². The molecule has 4 rings (SSSR count). The first-order valence-corrected chi connectivity index (χ1v) is 10.3. The minimum atomic E-state index is -0.155. The van der Waals surface area contributed by atoms with E-state index in [0.717, 1.165) is 24.8 Å². The number of carbonyl (C=O) groups excluding carboxylic acids is 1. The number of hydrogen-bond donors (Lipinski definition) is 0. The predicted molar refractivity (Wildman–Crippen MR) is 110 cm³/mol. The summed E-state index contributed by atoms with van der Waals surface area (Å²) in [7, 11) is 0. The molecule has 0 aliphatic heterocycles. The van der Waals surface area contributed by atoms with Crippen LogP contribution < -0.4 is 5.56 Å². The molecule has 138 valence electrons. The molecule has 0 bridgehead atoms. The number of nitrogens with zero attached hydrogens (tertiary/aromatic N) is 2. The van der Waals surface area contributed by atoms with E-state index in [1.807, 2.05) is 37.3 Å². The van der Waals surface area contributed by atoms with Gasteiger partial charge in [0.05, 0.1) is 21.8 Å². The number of aromatic nitrogens is 2. The lowest BCUT2D eigenvalue weighted by atomic mass is 9.99. The van der Waals surface area contributed by atoms with Crippen LogP contribution in [-0.2, 0) is 4.79 Å². The first-order chi connectivity index (χ1) is 13.1. The predicted octanol–water partition coefficient (Wildman–Crippen LogP) is 4.95. The average molecular weight is 399 g/mol. The highest BCUT2D eigenvalue weighted by molar-refractivity contribution is 8.00. The molecule has 0 radical (unpaired) electrons. The Morgan fingerprint density at radius 3 is 2.74 bits per heavy atom. The molecule has 0 spiro atoms. The van der Waals surface area contributed by atoms with Gasteiger partial charge in [-0.3, -0.25) is 14.2 Å². The van der Waals surface area contributed by atoms with Crippen LogP contribution in [0, 0.1) is 6.92 Å². The molecule has 1 aliphatic rings. The zero-order valence-corrected chi connectivity index (χ0v) is 16.5. The van der Waals surface area contributed by atoms with Crippen LogP contribution in [0.4, 0.5) is 0 Å². The van der Waals surface area contributed by atoms with Crippen molar-refractivity contribution in [3.05, 3.63) is 63.4 Å². The van der Waals surface area contributed by atoms with Crippen LogP contribution in [0.1, 0.15) is 31.2 Å². The molecule has 27 heavy (non-hydrogen) atoms. The SMILES string of the molecule is Cc1c(Cl)cccc1-n1c(S[C@H]2CCCCC2=O)nc2ccccc2c1=O. The highest BCUT2D eigenvalue weighted by atomic mass is 35.5. The fourth-order valence-corrected chi connectivity index (χ4v) is 4.84. The van der Waals surface area contributed by atoms with Crippen LogP contribution >= 0.6 is 23.4 Å². The molecule has 1 saturated carbocycles. The van der Waals surface area contributed by atoms with Gasteiger partial charge in [-0.15, -0.1) is 0 Å². The number of ketones is 1. The molecular formula is C21H19ClN2O2S. The van der Waals surface area contributed by atoms with Crippen molar-refractivity contribution in [2.24, 2.45) is 0 Å². The van der Waals surface area contributed by atoms with E-state index in [9.17, 15) is 9.59 Å². The lowest BCUT2D eigenvalue weighted by Gasteiger charge is -2.22. The summed E-state index contributed by atoms with van der Waals surface area (Å²) in [5.41, 5.74) is 2.02. The number of fused-ring (bicyclic) bond motifs is 1. The largest absolute Gasteiger partial charge is 0.298 e. The number of halogens is 1. The van der Waals surface area contributed by atoms with Crippen molar-refractivity contribution in [1.82, 2.24) is 9.55 Å². The minimum absolute atomic E-state index is 0.142. The molecule has 0 N–H and O–H groups in total. The molecule has 2 aromatic carbocycles. The van der Waals surface area contributed by atoms with Gasteiger partial charge >= 0.3 is 0 Å². The second kappa shape index (κ2) is 7.49. The van der Waals surface area contributed by atoms with E-state index in [0.29, 0.717) is 33.2 Å². The summed E-state index contributed by atoms with van der Waals surface area (Å²) in [6.45, 7) is 1.89. The van der Waals surface area contributed by atoms with Crippen molar-refractivity contribution < 1.29 is 4.79 Å². The lowest BCUT2D eigenvalue weighted by molar-refractivity contribution is -0.119. The average Bonchev–Trinajstić information content (AvgIpc) is 2.67. The van der Waals surface area contributed by atoms with Crippen molar-refractivity contribution in [2.75, 3.05) is 0 Å². The molecule has 4 nitrogen and oxygen atoms in total. The molecule has 6 heteroatoms. The molecule has 1 fully saturated rings. The molecule has 1 aliphatic carbocycles. The van der Waals surface area contributed by atoms with Crippen molar-refractivity contribution in [1.29, 1.82) is 0 Å². The Labute approximate surface area is 166 Å². The van der Waals surface area contributed by atoms with E-state index in [1.54, 1.807) is 16.7 Å². The minimum Gasteiger partial charge on any atom is -0.298 e. The van der Waals surface area contributed by atoms with Gasteiger partial charge < -0.3 is 0 Å². The monoisotopic (exact) mass is 398 g/mol. The zero-order valence-electron chi connectivity index (χ0n) is 14.9. The highest BCUT2D eigenvalue weighted by Crippen LogP contribution is 2.33. The molecule has 1 atom stereocenters. The summed E-state index contributed by atoms with van der Waals surface area (Å²) in [5, 5.41) is 1.54. The summed E-state index contributed by atoms with van der Waals surface area (Å²) < 4.78 is 1.61. The Morgan fingerprint density at radius 1 is 1.11 bits per heavy atom.